The van der Waals surface area contributed by atoms with Gasteiger partial charge in [0.15, 0.2) is 5.82 Å². The fraction of sp³-hybridized carbons (Fsp3) is 0.577. The number of hydrogen-bond acceptors (Lipinski definition) is 8. The van der Waals surface area contributed by atoms with Crippen molar-refractivity contribution in [1.29, 1.82) is 0 Å². The predicted molar refractivity (Wildman–Crippen MR) is 142 cm³/mol. The standard InChI is InChI=1S/C26H34F2N8O3/c1-26(2,3)36(25(37)38)17-10-8-16(9-11-17)29-22-31-23(34-12-14-39-15-13-34)33-24(32-22)35-19-7-5-4-6-18(19)30-21(35)20(27)28/h4-7,16-17,20H,8-15H2,1-3H3,(H,37,38)(H,29,31,32,33)/t16-,17-. The van der Waals surface area contributed by atoms with Crippen molar-refractivity contribution in [1.82, 2.24) is 29.4 Å². The highest BCUT2D eigenvalue weighted by atomic mass is 19.3. The Hall–Kier alpha value is -3.61. The number of carboxylic acid groups (broad SMARTS) is 1. The number of carbonyl (C=O) groups is 1. The van der Waals surface area contributed by atoms with Crippen LogP contribution < -0.4 is 10.2 Å². The summed E-state index contributed by atoms with van der Waals surface area (Å²) in [6.45, 7) is 7.86. The molecule has 2 aromatic heterocycles. The molecular formula is C26H34F2N8O3. The molecule has 3 heterocycles. The molecule has 1 saturated carbocycles. The quantitative estimate of drug-likeness (QED) is 0.462. The molecule has 1 aliphatic carbocycles. The number of nitrogens with zero attached hydrogens (tertiary/aromatic N) is 7. The van der Waals surface area contributed by atoms with Crippen molar-refractivity contribution in [3.63, 3.8) is 0 Å². The second-order valence-electron chi connectivity index (χ2n) is 10.9. The Labute approximate surface area is 225 Å². The van der Waals surface area contributed by atoms with E-state index >= 15 is 0 Å². The zero-order valence-electron chi connectivity index (χ0n) is 22.3. The van der Waals surface area contributed by atoms with Gasteiger partial charge in [-0.15, -0.1) is 0 Å². The Morgan fingerprint density at radius 3 is 2.36 bits per heavy atom. The monoisotopic (exact) mass is 544 g/mol. The van der Waals surface area contributed by atoms with Gasteiger partial charge in [0.05, 0.1) is 24.2 Å². The lowest BCUT2D eigenvalue weighted by atomic mass is 9.88. The van der Waals surface area contributed by atoms with Crippen LogP contribution in [0.1, 0.15) is 58.7 Å². The van der Waals surface area contributed by atoms with E-state index in [1.54, 1.807) is 24.3 Å². The number of aromatic nitrogens is 5. The number of para-hydroxylation sites is 2. The number of benzene rings is 1. The molecule has 3 aromatic rings. The lowest BCUT2D eigenvalue weighted by molar-refractivity contribution is 0.0556. The molecule has 13 heteroatoms. The maximum Gasteiger partial charge on any atom is 0.407 e. The maximum absolute atomic E-state index is 14.1. The highest BCUT2D eigenvalue weighted by Crippen LogP contribution is 2.31. The van der Waals surface area contributed by atoms with Crippen molar-refractivity contribution in [2.24, 2.45) is 0 Å². The van der Waals surface area contributed by atoms with Gasteiger partial charge in [0.1, 0.15) is 0 Å². The van der Waals surface area contributed by atoms with Crippen LogP contribution in [0, 0.1) is 0 Å². The van der Waals surface area contributed by atoms with E-state index in [1.165, 1.54) is 9.47 Å². The maximum atomic E-state index is 14.1. The molecule has 5 rings (SSSR count). The molecule has 0 bridgehead atoms. The summed E-state index contributed by atoms with van der Waals surface area (Å²) >= 11 is 0. The first kappa shape index (κ1) is 27.0. The van der Waals surface area contributed by atoms with Gasteiger partial charge in [-0.3, -0.25) is 4.57 Å². The third-order valence-electron chi connectivity index (χ3n) is 7.21. The molecule has 2 fully saturated rings. The van der Waals surface area contributed by atoms with Crippen LogP contribution in [0.2, 0.25) is 0 Å². The van der Waals surface area contributed by atoms with Crippen LogP contribution in [0.15, 0.2) is 24.3 Å². The Kier molecular flexibility index (Phi) is 7.52. The number of morpholine rings is 1. The third kappa shape index (κ3) is 5.72. The van der Waals surface area contributed by atoms with Gasteiger partial charge in [0, 0.05) is 30.7 Å². The number of anilines is 2. The summed E-state index contributed by atoms with van der Waals surface area (Å²) in [5, 5.41) is 13.2. The van der Waals surface area contributed by atoms with Gasteiger partial charge < -0.3 is 25.0 Å². The van der Waals surface area contributed by atoms with Gasteiger partial charge in [-0.2, -0.15) is 15.0 Å². The largest absolute Gasteiger partial charge is 0.465 e. The van der Waals surface area contributed by atoms with Crippen LogP contribution in [-0.2, 0) is 4.74 Å². The Bertz CT molecular complexity index is 1310. The number of imidazole rings is 1. The minimum absolute atomic E-state index is 0.00115. The Balaban J connectivity index is 1.45. The number of nitrogens with one attached hydrogen (secondary N) is 1. The molecule has 1 saturated heterocycles. The second-order valence-corrected chi connectivity index (χ2v) is 10.9. The number of rotatable bonds is 6. The van der Waals surface area contributed by atoms with E-state index in [4.69, 9.17) is 4.74 Å². The molecule has 0 unspecified atom stereocenters. The normalized spacial score (nSPS) is 20.4. The van der Waals surface area contributed by atoms with Gasteiger partial charge in [-0.05, 0) is 58.6 Å². The SMILES string of the molecule is CC(C)(C)N(C(=O)O)[C@H]1CC[C@H](Nc2nc(N3CCOCC3)nc(-n3c(C(F)F)nc4ccccc43)n2)CC1. The molecule has 0 spiro atoms. The average Bonchev–Trinajstić information content (AvgIpc) is 3.29. The highest BCUT2D eigenvalue weighted by molar-refractivity contribution is 5.77. The predicted octanol–water partition coefficient (Wildman–Crippen LogP) is 4.49. The molecule has 1 aromatic carbocycles. The fourth-order valence-electron chi connectivity index (χ4n) is 5.48. The van der Waals surface area contributed by atoms with Crippen molar-refractivity contribution in [3.8, 4) is 5.95 Å². The van der Waals surface area contributed by atoms with Gasteiger partial charge >= 0.3 is 6.09 Å². The summed E-state index contributed by atoms with van der Waals surface area (Å²) in [7, 11) is 0. The molecule has 11 nitrogen and oxygen atoms in total. The summed E-state index contributed by atoms with van der Waals surface area (Å²) in [4.78, 5) is 33.4. The van der Waals surface area contributed by atoms with E-state index in [9.17, 15) is 18.7 Å². The number of amides is 1. The Morgan fingerprint density at radius 1 is 1.05 bits per heavy atom. The van der Waals surface area contributed by atoms with Crippen molar-refractivity contribution < 1.29 is 23.4 Å². The average molecular weight is 545 g/mol. The molecule has 2 N–H and O–H groups in total. The Morgan fingerprint density at radius 2 is 1.72 bits per heavy atom. The van der Waals surface area contributed by atoms with E-state index in [0.717, 1.165) is 0 Å². The number of ether oxygens (including phenoxy) is 1. The zero-order valence-corrected chi connectivity index (χ0v) is 22.3. The third-order valence-corrected chi connectivity index (χ3v) is 7.21. The zero-order chi connectivity index (χ0) is 27.7. The minimum atomic E-state index is -2.83. The molecule has 1 amide bonds. The van der Waals surface area contributed by atoms with Gasteiger partial charge in [-0.1, -0.05) is 12.1 Å². The first-order chi connectivity index (χ1) is 18.6. The molecule has 1 aliphatic heterocycles. The number of hydrogen-bond donors (Lipinski definition) is 2. The molecule has 0 atom stereocenters. The van der Waals surface area contributed by atoms with Crippen LogP contribution in [0.25, 0.3) is 17.0 Å². The van der Waals surface area contributed by atoms with Gasteiger partial charge in [0.25, 0.3) is 6.43 Å². The van der Waals surface area contributed by atoms with Crippen molar-refractivity contribution >= 4 is 29.0 Å². The van der Waals surface area contributed by atoms with E-state index in [1.807, 2.05) is 25.7 Å². The van der Waals surface area contributed by atoms with E-state index in [2.05, 4.69) is 25.3 Å². The minimum Gasteiger partial charge on any atom is -0.465 e. The van der Waals surface area contributed by atoms with E-state index in [0.29, 0.717) is 69.0 Å². The fourth-order valence-corrected chi connectivity index (χ4v) is 5.48. The van der Waals surface area contributed by atoms with Crippen molar-refractivity contribution in [2.75, 3.05) is 36.5 Å². The van der Waals surface area contributed by atoms with Crippen LogP contribution in [0.5, 0.6) is 0 Å². The van der Waals surface area contributed by atoms with E-state index < -0.39 is 23.9 Å². The van der Waals surface area contributed by atoms with Crippen molar-refractivity contribution in [2.45, 2.75) is 70.5 Å². The summed E-state index contributed by atoms with van der Waals surface area (Å²) in [5.74, 6) is 0.297. The molecular weight excluding hydrogens is 510 g/mol. The lowest BCUT2D eigenvalue weighted by Gasteiger charge is -2.42. The first-order valence-corrected chi connectivity index (χ1v) is 13.3. The smallest absolute Gasteiger partial charge is 0.407 e. The lowest BCUT2D eigenvalue weighted by Crippen LogP contribution is -2.52. The summed E-state index contributed by atoms with van der Waals surface area (Å²) in [6.07, 6.45) is -0.927. The van der Waals surface area contributed by atoms with Gasteiger partial charge in [-0.25, -0.2) is 18.6 Å². The van der Waals surface area contributed by atoms with Crippen molar-refractivity contribution in [3.05, 3.63) is 30.1 Å². The first-order valence-electron chi connectivity index (χ1n) is 13.3. The topological polar surface area (TPSA) is 122 Å². The molecule has 39 heavy (non-hydrogen) atoms. The van der Waals surface area contributed by atoms with Crippen LogP contribution in [0.4, 0.5) is 25.5 Å². The second kappa shape index (κ2) is 10.9. The van der Waals surface area contributed by atoms with Crippen LogP contribution in [0.3, 0.4) is 0 Å². The highest BCUT2D eigenvalue weighted by Gasteiger charge is 2.36. The van der Waals surface area contributed by atoms with Crippen LogP contribution in [-0.4, -0.2) is 84.5 Å². The molecule has 0 radical (unpaired) electrons. The number of halogens is 2. The summed E-state index contributed by atoms with van der Waals surface area (Å²) < 4.78 is 34.9. The summed E-state index contributed by atoms with van der Waals surface area (Å²) in [5.41, 5.74) is 0.410. The van der Waals surface area contributed by atoms with Crippen LogP contribution >= 0.6 is 0 Å². The van der Waals surface area contributed by atoms with E-state index in [-0.39, 0.29) is 24.0 Å². The number of alkyl halides is 2. The number of fused-ring (bicyclic) bond motifs is 1. The van der Waals surface area contributed by atoms with Gasteiger partial charge in [0.2, 0.25) is 17.8 Å². The molecule has 2 aliphatic rings. The molecule has 210 valence electrons. The summed E-state index contributed by atoms with van der Waals surface area (Å²) in [6, 6.07) is 6.82.